The third-order valence-electron chi connectivity index (χ3n) is 2.28. The topological polar surface area (TPSA) is 177 Å². The molecule has 21 heavy (non-hydrogen) atoms. The molecule has 0 amide bonds. The van der Waals surface area contributed by atoms with Crippen molar-refractivity contribution >= 4 is 24.7 Å². The molecule has 0 bridgehead atoms. The molecule has 2 rings (SSSR count). The van der Waals surface area contributed by atoms with Gasteiger partial charge in [-0.3, -0.25) is 14.3 Å². The molecular weight excluding hydrogens is 305 g/mol. The van der Waals surface area contributed by atoms with Crippen LogP contribution in [0, 0.1) is 0 Å². The fourth-order valence-electron chi connectivity index (χ4n) is 1.43. The van der Waals surface area contributed by atoms with E-state index in [1.807, 2.05) is 0 Å². The van der Waals surface area contributed by atoms with Gasteiger partial charge in [-0.2, -0.15) is 9.71 Å². The number of hydrogen-bond donors (Lipinski definition) is 5. The van der Waals surface area contributed by atoms with Crippen molar-refractivity contribution in [1.82, 2.24) is 19.7 Å². The van der Waals surface area contributed by atoms with Crippen molar-refractivity contribution in [3.8, 4) is 0 Å². The second-order valence-electron chi connectivity index (χ2n) is 3.99. The third kappa shape index (κ3) is 3.89. The number of hydrogen-bond acceptors (Lipinski definition) is 7. The number of nitrogen functional groups attached to an aromatic ring is 1. The Bertz CT molecular complexity index is 777. The zero-order valence-corrected chi connectivity index (χ0v) is 11.3. The highest BCUT2D eigenvalue weighted by molar-refractivity contribution is 7.55. The lowest BCUT2D eigenvalue weighted by Crippen LogP contribution is -2.22. The molecular formula is C9H12N5O6P. The lowest BCUT2D eigenvalue weighted by molar-refractivity contribution is 0.0516. The molecule has 1 atom stereocenters. The number of rotatable bonds is 5. The zero-order valence-electron chi connectivity index (χ0n) is 10.4. The molecule has 0 aliphatic rings. The number of aromatic nitrogens is 4. The normalized spacial score (nSPS) is 13.9. The largest absolute Gasteiger partial charge is 0.408 e. The van der Waals surface area contributed by atoms with E-state index in [4.69, 9.17) is 20.4 Å². The number of aliphatic hydroxyl groups is 1. The van der Waals surface area contributed by atoms with Crippen molar-refractivity contribution in [3.05, 3.63) is 28.6 Å². The summed E-state index contributed by atoms with van der Waals surface area (Å²) in [7, 11) is -4.35. The summed E-state index contributed by atoms with van der Waals surface area (Å²) in [5.74, 6) is 0.438. The van der Waals surface area contributed by atoms with Gasteiger partial charge < -0.3 is 25.5 Å². The summed E-state index contributed by atoms with van der Waals surface area (Å²) >= 11 is 0. The minimum absolute atomic E-state index is 0.00412. The lowest BCUT2D eigenvalue weighted by atomic mass is 10.4. The van der Waals surface area contributed by atoms with E-state index in [0.29, 0.717) is 5.82 Å². The van der Waals surface area contributed by atoms with Gasteiger partial charge in [-0.1, -0.05) is 0 Å². The Morgan fingerprint density at radius 3 is 2.95 bits per heavy atom. The molecule has 114 valence electrons. The van der Waals surface area contributed by atoms with E-state index in [1.165, 1.54) is 0 Å². The minimum atomic E-state index is -4.35. The Kier molecular flexibility index (Phi) is 4.09. The standard InChI is InChI=1S/C9H12N5O6P/c10-9-12-7-6(8(16)13-9)11-4-14(7)20-3-5(15)1-2-21(17,18)19/h1-2,4-5,15H,3H2,(H2,17,18,19)(H3,10,12,13,16)/b2-1+. The average Bonchev–Trinajstić information content (AvgIpc) is 2.76. The molecule has 0 aliphatic heterocycles. The van der Waals surface area contributed by atoms with Gasteiger partial charge in [0.15, 0.2) is 5.52 Å². The molecule has 0 radical (unpaired) electrons. The van der Waals surface area contributed by atoms with Crippen molar-refractivity contribution in [2.24, 2.45) is 0 Å². The number of imidazole rings is 1. The molecule has 2 aromatic rings. The minimum Gasteiger partial charge on any atom is -0.408 e. The van der Waals surface area contributed by atoms with Crippen molar-refractivity contribution in [3.63, 3.8) is 0 Å². The van der Waals surface area contributed by atoms with Crippen molar-refractivity contribution in [2.45, 2.75) is 6.10 Å². The van der Waals surface area contributed by atoms with E-state index in [0.717, 1.165) is 17.1 Å². The van der Waals surface area contributed by atoms with Crippen LogP contribution >= 0.6 is 7.60 Å². The van der Waals surface area contributed by atoms with Gasteiger partial charge in [0.1, 0.15) is 19.0 Å². The zero-order chi connectivity index (χ0) is 15.6. The Hall–Kier alpha value is -2.20. The number of aromatic amines is 1. The Labute approximate surface area is 116 Å². The summed E-state index contributed by atoms with van der Waals surface area (Å²) < 4.78 is 11.6. The first-order valence-electron chi connectivity index (χ1n) is 5.55. The Balaban J connectivity index is 2.13. The third-order valence-corrected chi connectivity index (χ3v) is 2.84. The van der Waals surface area contributed by atoms with Gasteiger partial charge in [0, 0.05) is 5.82 Å². The quantitative estimate of drug-likeness (QED) is 0.397. The van der Waals surface area contributed by atoms with Crippen LogP contribution in [0.1, 0.15) is 0 Å². The molecule has 0 spiro atoms. The number of H-pyrrole nitrogens is 1. The van der Waals surface area contributed by atoms with Crippen LogP contribution in [0.15, 0.2) is 23.0 Å². The molecule has 0 aromatic carbocycles. The first kappa shape index (κ1) is 15.2. The predicted molar refractivity (Wildman–Crippen MR) is 71.2 cm³/mol. The van der Waals surface area contributed by atoms with Crippen LogP contribution in [-0.4, -0.2) is 47.3 Å². The summed E-state index contributed by atoms with van der Waals surface area (Å²) in [5, 5.41) is 9.49. The van der Waals surface area contributed by atoms with Crippen LogP contribution in [-0.2, 0) is 4.57 Å². The van der Waals surface area contributed by atoms with Gasteiger partial charge in [0.2, 0.25) is 11.6 Å². The van der Waals surface area contributed by atoms with Crippen molar-refractivity contribution in [1.29, 1.82) is 0 Å². The summed E-state index contributed by atoms with van der Waals surface area (Å²) in [4.78, 5) is 43.7. The Morgan fingerprint density at radius 2 is 2.29 bits per heavy atom. The van der Waals surface area contributed by atoms with E-state index in [9.17, 15) is 14.5 Å². The van der Waals surface area contributed by atoms with Crippen LogP contribution in [0.4, 0.5) is 5.95 Å². The summed E-state index contributed by atoms with van der Waals surface area (Å²) in [6, 6.07) is 0. The van der Waals surface area contributed by atoms with E-state index in [2.05, 4.69) is 15.0 Å². The number of fused-ring (bicyclic) bond motifs is 1. The molecule has 0 saturated heterocycles. The Morgan fingerprint density at radius 1 is 1.57 bits per heavy atom. The summed E-state index contributed by atoms with van der Waals surface area (Å²) in [5.41, 5.74) is 4.92. The van der Waals surface area contributed by atoms with Crippen molar-refractivity contribution in [2.75, 3.05) is 12.3 Å². The molecule has 11 nitrogen and oxygen atoms in total. The van der Waals surface area contributed by atoms with Gasteiger partial charge >= 0.3 is 7.60 Å². The molecule has 0 fully saturated rings. The second-order valence-corrected chi connectivity index (χ2v) is 5.46. The van der Waals surface area contributed by atoms with Crippen LogP contribution in [0.25, 0.3) is 11.2 Å². The number of aliphatic hydroxyl groups excluding tert-OH is 1. The van der Waals surface area contributed by atoms with E-state index in [1.54, 1.807) is 0 Å². The van der Waals surface area contributed by atoms with Gasteiger partial charge in [0.25, 0.3) is 5.56 Å². The first-order chi connectivity index (χ1) is 9.76. The molecule has 2 aromatic heterocycles. The van der Waals surface area contributed by atoms with Crippen LogP contribution in [0.2, 0.25) is 0 Å². The predicted octanol–water partition coefficient (Wildman–Crippen LogP) is -1.82. The number of anilines is 1. The van der Waals surface area contributed by atoms with Gasteiger partial charge in [-0.05, 0) is 6.08 Å². The van der Waals surface area contributed by atoms with Crippen LogP contribution < -0.4 is 16.1 Å². The molecule has 6 N–H and O–H groups in total. The monoisotopic (exact) mass is 317 g/mol. The maximum Gasteiger partial charge on any atom is 0.348 e. The second kappa shape index (κ2) is 5.66. The summed E-state index contributed by atoms with van der Waals surface area (Å²) in [6.07, 6.45) is 0.787. The molecule has 2 heterocycles. The van der Waals surface area contributed by atoms with Gasteiger partial charge in [-0.25, -0.2) is 4.98 Å². The molecule has 0 aliphatic carbocycles. The number of nitrogens with zero attached hydrogens (tertiary/aromatic N) is 3. The molecule has 0 saturated carbocycles. The van der Waals surface area contributed by atoms with E-state index < -0.39 is 19.3 Å². The maximum absolute atomic E-state index is 11.5. The first-order valence-corrected chi connectivity index (χ1v) is 7.23. The molecule has 1 unspecified atom stereocenters. The maximum atomic E-state index is 11.5. The van der Waals surface area contributed by atoms with Crippen molar-refractivity contribution < 1.29 is 24.3 Å². The highest BCUT2D eigenvalue weighted by Crippen LogP contribution is 2.35. The summed E-state index contributed by atoms with van der Waals surface area (Å²) in [6.45, 7) is -0.337. The van der Waals surface area contributed by atoms with E-state index in [-0.39, 0.29) is 23.7 Å². The highest BCUT2D eigenvalue weighted by Gasteiger charge is 2.12. The van der Waals surface area contributed by atoms with E-state index >= 15 is 0 Å². The SMILES string of the molecule is Nc1nc2c(ncn2OCC(O)/C=C/P(=O)(O)O)c(=O)[nH]1. The van der Waals surface area contributed by atoms with Crippen LogP contribution in [0.5, 0.6) is 0 Å². The van der Waals surface area contributed by atoms with Gasteiger partial charge in [0.05, 0.1) is 0 Å². The fourth-order valence-corrected chi connectivity index (χ4v) is 1.85. The number of nitrogens with one attached hydrogen (secondary N) is 1. The average molecular weight is 317 g/mol. The smallest absolute Gasteiger partial charge is 0.348 e. The number of nitrogens with two attached hydrogens (primary N) is 1. The fraction of sp³-hybridized carbons (Fsp3) is 0.222. The lowest BCUT2D eigenvalue weighted by Gasteiger charge is -2.09. The van der Waals surface area contributed by atoms with Crippen LogP contribution in [0.3, 0.4) is 0 Å². The molecule has 12 heteroatoms. The van der Waals surface area contributed by atoms with Gasteiger partial charge in [-0.15, -0.1) is 0 Å². The highest BCUT2D eigenvalue weighted by atomic mass is 31.2.